The van der Waals surface area contributed by atoms with E-state index in [2.05, 4.69) is 11.1 Å². The molecule has 0 saturated heterocycles. The van der Waals surface area contributed by atoms with Crippen molar-refractivity contribution in [3.63, 3.8) is 0 Å². The number of halogens is 1. The van der Waals surface area contributed by atoms with E-state index in [1.54, 1.807) is 0 Å². The zero-order chi connectivity index (χ0) is 14.8. The lowest BCUT2D eigenvalue weighted by Crippen LogP contribution is -2.06. The third kappa shape index (κ3) is 2.59. The number of rotatable bonds is 1. The van der Waals surface area contributed by atoms with Crippen LogP contribution in [0.15, 0.2) is 24.3 Å². The minimum atomic E-state index is 0.336. The normalized spacial score (nSPS) is 14.1. The van der Waals surface area contributed by atoms with Crippen molar-refractivity contribution in [3.05, 3.63) is 46.1 Å². The molecule has 1 aromatic heterocycles. The zero-order valence-electron chi connectivity index (χ0n) is 11.7. The topological polar surface area (TPSA) is 62.7 Å². The third-order valence-electron chi connectivity index (χ3n) is 4.00. The van der Waals surface area contributed by atoms with Crippen molar-refractivity contribution in [2.45, 2.75) is 32.1 Å². The van der Waals surface area contributed by atoms with E-state index >= 15 is 0 Å². The molecule has 2 N–H and O–H groups in total. The lowest BCUT2D eigenvalue weighted by Gasteiger charge is -2.15. The maximum Gasteiger partial charge on any atom is 0.142 e. The summed E-state index contributed by atoms with van der Waals surface area (Å²) in [5.74, 6) is 0.336. The maximum absolute atomic E-state index is 9.49. The lowest BCUT2D eigenvalue weighted by molar-refractivity contribution is 0.709. The summed E-state index contributed by atoms with van der Waals surface area (Å²) in [5, 5.41) is 10.2. The summed E-state index contributed by atoms with van der Waals surface area (Å²) in [4.78, 5) is 4.48. The minimum Gasteiger partial charge on any atom is -0.383 e. The smallest absolute Gasteiger partial charge is 0.142 e. The van der Waals surface area contributed by atoms with Gasteiger partial charge in [-0.1, -0.05) is 30.2 Å². The molecule has 3 rings (SSSR count). The first-order valence-electron chi connectivity index (χ1n) is 7.18. The Morgan fingerprint density at radius 2 is 1.81 bits per heavy atom. The van der Waals surface area contributed by atoms with Crippen molar-refractivity contribution >= 4 is 17.4 Å². The van der Waals surface area contributed by atoms with Crippen LogP contribution >= 0.6 is 11.6 Å². The number of nitrogens with zero attached hydrogens (tertiary/aromatic N) is 2. The van der Waals surface area contributed by atoms with Gasteiger partial charge in [-0.25, -0.2) is 4.98 Å². The second-order valence-electron chi connectivity index (χ2n) is 5.35. The summed E-state index contributed by atoms with van der Waals surface area (Å²) in [7, 11) is 0. The van der Waals surface area contributed by atoms with Gasteiger partial charge in [-0.05, 0) is 48.9 Å². The zero-order valence-corrected chi connectivity index (χ0v) is 12.5. The third-order valence-corrected chi connectivity index (χ3v) is 4.25. The highest BCUT2D eigenvalue weighted by Gasteiger charge is 2.20. The van der Waals surface area contributed by atoms with E-state index in [1.165, 1.54) is 12.0 Å². The molecular weight excluding hydrogens is 282 g/mol. The van der Waals surface area contributed by atoms with Crippen LogP contribution in [0, 0.1) is 11.3 Å². The highest BCUT2D eigenvalue weighted by molar-refractivity contribution is 6.30. The van der Waals surface area contributed by atoms with E-state index in [1.807, 2.05) is 24.3 Å². The summed E-state index contributed by atoms with van der Waals surface area (Å²) in [6.07, 6.45) is 5.34. The average Bonchev–Trinajstić information content (AvgIpc) is 2.72. The molecule has 0 amide bonds. The lowest BCUT2D eigenvalue weighted by atomic mass is 9.92. The number of aromatic nitrogens is 1. The Bertz CT molecular complexity index is 714. The molecule has 0 bridgehead atoms. The molecule has 0 fully saturated rings. The van der Waals surface area contributed by atoms with Crippen LogP contribution in [0.4, 0.5) is 5.82 Å². The van der Waals surface area contributed by atoms with Gasteiger partial charge < -0.3 is 5.73 Å². The van der Waals surface area contributed by atoms with Crippen molar-refractivity contribution in [1.29, 1.82) is 5.26 Å². The molecule has 0 unspecified atom stereocenters. The number of hydrogen-bond donors (Lipinski definition) is 1. The summed E-state index contributed by atoms with van der Waals surface area (Å²) < 4.78 is 0. The van der Waals surface area contributed by atoms with Gasteiger partial charge in [0.1, 0.15) is 17.5 Å². The molecule has 0 aliphatic heterocycles. The molecule has 1 aliphatic carbocycles. The number of benzene rings is 1. The van der Waals surface area contributed by atoms with Crippen molar-refractivity contribution in [2.24, 2.45) is 0 Å². The van der Waals surface area contributed by atoms with E-state index in [-0.39, 0.29) is 0 Å². The second kappa shape index (κ2) is 5.75. The molecule has 21 heavy (non-hydrogen) atoms. The van der Waals surface area contributed by atoms with E-state index in [0.717, 1.165) is 42.5 Å². The quantitative estimate of drug-likeness (QED) is 0.805. The van der Waals surface area contributed by atoms with Crippen LogP contribution in [-0.4, -0.2) is 4.98 Å². The second-order valence-corrected chi connectivity index (χ2v) is 5.79. The molecule has 1 aromatic carbocycles. The number of nitriles is 1. The van der Waals surface area contributed by atoms with Gasteiger partial charge in [0.15, 0.2) is 0 Å². The molecule has 106 valence electrons. The van der Waals surface area contributed by atoms with E-state index in [0.29, 0.717) is 16.4 Å². The van der Waals surface area contributed by atoms with Gasteiger partial charge in [0.05, 0.1) is 0 Å². The van der Waals surface area contributed by atoms with Crippen LogP contribution in [-0.2, 0) is 12.8 Å². The number of pyridine rings is 1. The van der Waals surface area contributed by atoms with Crippen LogP contribution in [0.3, 0.4) is 0 Å². The number of nitrogen functional groups attached to an aromatic ring is 1. The highest BCUT2D eigenvalue weighted by Crippen LogP contribution is 2.35. The highest BCUT2D eigenvalue weighted by atomic mass is 35.5. The summed E-state index contributed by atoms with van der Waals surface area (Å²) in [5.41, 5.74) is 10.7. The maximum atomic E-state index is 9.49. The minimum absolute atomic E-state index is 0.336. The van der Waals surface area contributed by atoms with E-state index in [9.17, 15) is 5.26 Å². The Morgan fingerprint density at radius 1 is 1.10 bits per heavy atom. The largest absolute Gasteiger partial charge is 0.383 e. The van der Waals surface area contributed by atoms with Crippen LogP contribution in [0.2, 0.25) is 5.02 Å². The average molecular weight is 298 g/mol. The summed E-state index contributed by atoms with van der Waals surface area (Å²) in [6.45, 7) is 0. The Balaban J connectivity index is 2.28. The fraction of sp³-hybridized carbons (Fsp3) is 0.294. The molecule has 0 atom stereocenters. The number of nitrogens with two attached hydrogens (primary N) is 1. The van der Waals surface area contributed by atoms with Crippen molar-refractivity contribution < 1.29 is 0 Å². The molecule has 1 heterocycles. The van der Waals surface area contributed by atoms with Gasteiger partial charge in [0.2, 0.25) is 0 Å². The first kappa shape index (κ1) is 13.9. The molecule has 0 saturated carbocycles. The molecule has 4 heteroatoms. The van der Waals surface area contributed by atoms with Gasteiger partial charge in [-0.2, -0.15) is 5.26 Å². The monoisotopic (exact) mass is 297 g/mol. The van der Waals surface area contributed by atoms with Gasteiger partial charge >= 0.3 is 0 Å². The van der Waals surface area contributed by atoms with Crippen LogP contribution < -0.4 is 5.73 Å². The number of fused-ring (bicyclic) bond motifs is 1. The number of aryl methyl sites for hydroxylation is 1. The van der Waals surface area contributed by atoms with Crippen molar-refractivity contribution in [2.75, 3.05) is 5.73 Å². The van der Waals surface area contributed by atoms with Gasteiger partial charge in [-0.3, -0.25) is 0 Å². The van der Waals surface area contributed by atoms with Crippen LogP contribution in [0.5, 0.6) is 0 Å². The molecule has 0 radical (unpaired) electrons. The predicted octanol–water partition coefficient (Wildman–Crippen LogP) is 4.12. The van der Waals surface area contributed by atoms with Gasteiger partial charge in [0.25, 0.3) is 0 Å². The molecule has 1 aliphatic rings. The first-order valence-corrected chi connectivity index (χ1v) is 7.55. The Hall–Kier alpha value is -2.05. The Kier molecular flexibility index (Phi) is 3.81. The SMILES string of the molecule is N#Cc1c(N)nc2c(c1-c1ccc(Cl)cc1)CCCCC2. The fourth-order valence-corrected chi connectivity index (χ4v) is 3.11. The number of anilines is 1. The predicted molar refractivity (Wildman–Crippen MR) is 85.1 cm³/mol. The van der Waals surface area contributed by atoms with E-state index < -0.39 is 0 Å². The number of hydrogen-bond acceptors (Lipinski definition) is 3. The van der Waals surface area contributed by atoms with Crippen LogP contribution in [0.1, 0.15) is 36.1 Å². The van der Waals surface area contributed by atoms with Gasteiger partial charge in [0, 0.05) is 16.3 Å². The summed E-state index contributed by atoms with van der Waals surface area (Å²) >= 11 is 5.97. The molecular formula is C17H16ClN3. The molecule has 3 nitrogen and oxygen atoms in total. The van der Waals surface area contributed by atoms with Crippen molar-refractivity contribution in [3.8, 4) is 17.2 Å². The molecule has 2 aromatic rings. The Labute approximate surface area is 129 Å². The fourth-order valence-electron chi connectivity index (χ4n) is 2.99. The standard InChI is InChI=1S/C17H16ClN3/c18-12-8-6-11(7-9-12)16-13-4-2-1-3-5-15(13)21-17(20)14(16)10-19/h6-9H,1-5H2,(H2,20,21). The summed E-state index contributed by atoms with van der Waals surface area (Å²) in [6, 6.07) is 9.81. The first-order chi connectivity index (χ1) is 10.2. The van der Waals surface area contributed by atoms with E-state index in [4.69, 9.17) is 17.3 Å². The van der Waals surface area contributed by atoms with Crippen LogP contribution in [0.25, 0.3) is 11.1 Å². The Morgan fingerprint density at radius 3 is 2.52 bits per heavy atom. The van der Waals surface area contributed by atoms with Crippen molar-refractivity contribution in [1.82, 2.24) is 4.98 Å². The van der Waals surface area contributed by atoms with Gasteiger partial charge in [-0.15, -0.1) is 0 Å². The molecule has 0 spiro atoms.